The molecule has 0 spiro atoms. The normalized spacial score (nSPS) is 10.2. The van der Waals surface area contributed by atoms with Crippen LogP contribution in [-0.2, 0) is 0 Å². The highest BCUT2D eigenvalue weighted by atomic mass is 16.5. The first kappa shape index (κ1) is 14.3. The molecule has 1 rings (SSSR count). The number of nitrogens with one attached hydrogen (secondary N) is 1. The van der Waals surface area contributed by atoms with Gasteiger partial charge in [0.25, 0.3) is 0 Å². The highest BCUT2D eigenvalue weighted by Gasteiger charge is 2.13. The van der Waals surface area contributed by atoms with E-state index in [2.05, 4.69) is 42.0 Å². The van der Waals surface area contributed by atoms with Crippen molar-refractivity contribution in [3.05, 3.63) is 11.4 Å². The van der Waals surface area contributed by atoms with Gasteiger partial charge in [-0.15, -0.1) is 6.42 Å². The fourth-order valence-corrected chi connectivity index (χ4v) is 1.44. The van der Waals surface area contributed by atoms with Crippen LogP contribution in [0.2, 0.25) is 0 Å². The van der Waals surface area contributed by atoms with Gasteiger partial charge in [0.2, 0.25) is 5.88 Å². The van der Waals surface area contributed by atoms with E-state index in [1.54, 1.807) is 0 Å². The topological polar surface area (TPSA) is 47.0 Å². The molecule has 1 aromatic rings. The molecule has 0 bridgehead atoms. The fraction of sp³-hybridized carbons (Fsp3) is 0.571. The minimum absolute atomic E-state index is 0.225. The van der Waals surface area contributed by atoms with Crippen molar-refractivity contribution in [1.29, 1.82) is 0 Å². The van der Waals surface area contributed by atoms with E-state index in [-0.39, 0.29) is 12.5 Å². The molecule has 18 heavy (non-hydrogen) atoms. The molecular weight excluding hydrogens is 226 g/mol. The molecule has 0 radical (unpaired) electrons. The van der Waals surface area contributed by atoms with Crippen molar-refractivity contribution in [1.82, 2.24) is 9.97 Å². The minimum atomic E-state index is 0.225. The second-order valence-corrected chi connectivity index (χ2v) is 4.43. The summed E-state index contributed by atoms with van der Waals surface area (Å²) in [5.74, 6) is 4.88. The zero-order chi connectivity index (χ0) is 13.5. The average Bonchev–Trinajstić information content (AvgIpc) is 2.35. The molecule has 0 aliphatic rings. The molecule has 0 aromatic carbocycles. The van der Waals surface area contributed by atoms with Crippen LogP contribution < -0.4 is 10.1 Å². The molecule has 1 aromatic heterocycles. The Morgan fingerprint density at radius 1 is 1.39 bits per heavy atom. The van der Waals surface area contributed by atoms with Gasteiger partial charge in [0, 0.05) is 12.5 Å². The predicted molar refractivity (Wildman–Crippen MR) is 74.0 cm³/mol. The molecular formula is C14H21N3O. The third kappa shape index (κ3) is 3.63. The van der Waals surface area contributed by atoms with Crippen molar-refractivity contribution in [2.45, 2.75) is 40.0 Å². The van der Waals surface area contributed by atoms with Gasteiger partial charge in [-0.05, 0) is 13.3 Å². The Bertz CT molecular complexity index is 435. The molecule has 4 heteroatoms. The summed E-state index contributed by atoms with van der Waals surface area (Å²) in [6.45, 7) is 9.27. The summed E-state index contributed by atoms with van der Waals surface area (Å²) in [5, 5.41) is 3.29. The Morgan fingerprint density at radius 3 is 2.67 bits per heavy atom. The van der Waals surface area contributed by atoms with E-state index < -0.39 is 0 Å². The molecule has 0 atom stereocenters. The molecule has 1 N–H and O–H groups in total. The highest BCUT2D eigenvalue weighted by Crippen LogP contribution is 2.24. The molecule has 0 aliphatic carbocycles. The number of nitrogens with zero attached hydrogens (tertiary/aromatic N) is 2. The van der Waals surface area contributed by atoms with Crippen LogP contribution in [-0.4, -0.2) is 23.1 Å². The van der Waals surface area contributed by atoms with E-state index in [0.717, 1.165) is 30.2 Å². The minimum Gasteiger partial charge on any atom is -0.464 e. The summed E-state index contributed by atoms with van der Waals surface area (Å²) in [6.07, 6.45) is 6.25. The standard InChI is InChI=1S/C14H21N3O/c1-6-8-15-13-11(5)14(18-9-7-2)17-12(16-13)10(3)4/h2,10H,6,8-9H2,1,3-5H3,(H,15,16,17). The Labute approximate surface area is 109 Å². The molecule has 0 saturated heterocycles. The van der Waals surface area contributed by atoms with E-state index >= 15 is 0 Å². The number of hydrogen-bond acceptors (Lipinski definition) is 4. The van der Waals surface area contributed by atoms with Crippen molar-refractivity contribution in [3.8, 4) is 18.2 Å². The first-order valence-corrected chi connectivity index (χ1v) is 6.28. The first-order valence-electron chi connectivity index (χ1n) is 6.28. The van der Waals surface area contributed by atoms with Crippen molar-refractivity contribution in [2.75, 3.05) is 18.5 Å². The zero-order valence-electron chi connectivity index (χ0n) is 11.6. The van der Waals surface area contributed by atoms with E-state index in [9.17, 15) is 0 Å². The molecule has 0 aliphatic heterocycles. The van der Waals surface area contributed by atoms with Gasteiger partial charge in [-0.25, -0.2) is 4.98 Å². The first-order chi connectivity index (χ1) is 8.60. The van der Waals surface area contributed by atoms with Gasteiger partial charge in [-0.2, -0.15) is 4.98 Å². The van der Waals surface area contributed by atoms with Gasteiger partial charge >= 0.3 is 0 Å². The van der Waals surface area contributed by atoms with Gasteiger partial charge in [0.05, 0.1) is 5.56 Å². The largest absolute Gasteiger partial charge is 0.464 e. The van der Waals surface area contributed by atoms with Crippen molar-refractivity contribution < 1.29 is 4.74 Å². The summed E-state index contributed by atoms with van der Waals surface area (Å²) in [6, 6.07) is 0. The summed E-state index contributed by atoms with van der Waals surface area (Å²) in [4.78, 5) is 8.93. The number of anilines is 1. The van der Waals surface area contributed by atoms with Crippen LogP contribution >= 0.6 is 0 Å². The SMILES string of the molecule is C#CCOc1nc(C(C)C)nc(NCCC)c1C. The molecule has 0 saturated carbocycles. The lowest BCUT2D eigenvalue weighted by Gasteiger charge is -2.14. The fourth-order valence-electron chi connectivity index (χ4n) is 1.44. The van der Waals surface area contributed by atoms with E-state index in [4.69, 9.17) is 11.2 Å². The summed E-state index contributed by atoms with van der Waals surface area (Å²) < 4.78 is 5.47. The van der Waals surface area contributed by atoms with Crippen LogP contribution in [0.25, 0.3) is 0 Å². The van der Waals surface area contributed by atoms with Crippen LogP contribution in [0.4, 0.5) is 5.82 Å². The molecule has 0 fully saturated rings. The average molecular weight is 247 g/mol. The maximum Gasteiger partial charge on any atom is 0.222 e. The van der Waals surface area contributed by atoms with Gasteiger partial charge in [0.1, 0.15) is 11.6 Å². The molecule has 1 heterocycles. The van der Waals surface area contributed by atoms with Gasteiger partial charge in [-0.1, -0.05) is 26.7 Å². The van der Waals surface area contributed by atoms with Crippen molar-refractivity contribution in [2.24, 2.45) is 0 Å². The Hall–Kier alpha value is -1.76. The van der Waals surface area contributed by atoms with Crippen LogP contribution in [0.3, 0.4) is 0 Å². The second kappa shape index (κ2) is 6.85. The summed E-state index contributed by atoms with van der Waals surface area (Å²) in [7, 11) is 0. The van der Waals surface area contributed by atoms with E-state index in [1.807, 2.05) is 6.92 Å². The van der Waals surface area contributed by atoms with Gasteiger partial charge < -0.3 is 10.1 Å². The summed E-state index contributed by atoms with van der Waals surface area (Å²) in [5.41, 5.74) is 0.906. The lowest BCUT2D eigenvalue weighted by atomic mass is 10.2. The molecule has 0 amide bonds. The third-order valence-electron chi connectivity index (χ3n) is 2.47. The predicted octanol–water partition coefficient (Wildman–Crippen LogP) is 2.74. The maximum atomic E-state index is 5.47. The van der Waals surface area contributed by atoms with Crippen LogP contribution in [0.15, 0.2) is 0 Å². The zero-order valence-corrected chi connectivity index (χ0v) is 11.6. The third-order valence-corrected chi connectivity index (χ3v) is 2.47. The van der Waals surface area contributed by atoms with Crippen LogP contribution in [0.5, 0.6) is 5.88 Å². The molecule has 98 valence electrons. The molecule has 4 nitrogen and oxygen atoms in total. The smallest absolute Gasteiger partial charge is 0.222 e. The lowest BCUT2D eigenvalue weighted by molar-refractivity contribution is 0.350. The van der Waals surface area contributed by atoms with E-state index in [0.29, 0.717) is 5.88 Å². The second-order valence-electron chi connectivity index (χ2n) is 4.43. The van der Waals surface area contributed by atoms with Gasteiger partial charge in [0.15, 0.2) is 6.61 Å². The quantitative estimate of drug-likeness (QED) is 0.785. The summed E-state index contributed by atoms with van der Waals surface area (Å²) >= 11 is 0. The number of hydrogen-bond donors (Lipinski definition) is 1. The van der Waals surface area contributed by atoms with Crippen LogP contribution in [0, 0.1) is 19.3 Å². The van der Waals surface area contributed by atoms with Crippen molar-refractivity contribution >= 4 is 5.82 Å². The lowest BCUT2D eigenvalue weighted by Crippen LogP contribution is -2.11. The number of terminal acetylenes is 1. The van der Waals surface area contributed by atoms with Crippen molar-refractivity contribution in [3.63, 3.8) is 0 Å². The van der Waals surface area contributed by atoms with Gasteiger partial charge in [-0.3, -0.25) is 0 Å². The maximum absolute atomic E-state index is 5.47. The number of rotatable bonds is 6. The Morgan fingerprint density at radius 2 is 2.11 bits per heavy atom. The monoisotopic (exact) mass is 247 g/mol. The van der Waals surface area contributed by atoms with E-state index in [1.165, 1.54) is 0 Å². The number of aromatic nitrogens is 2. The highest BCUT2D eigenvalue weighted by molar-refractivity contribution is 5.48. The Balaban J connectivity index is 3.07. The van der Waals surface area contributed by atoms with Crippen LogP contribution in [0.1, 0.15) is 44.5 Å². The molecule has 0 unspecified atom stereocenters. The number of ether oxygens (including phenoxy) is 1. The Kier molecular flexibility index (Phi) is 5.44.